The molecule has 4 heterocycles. The average molecular weight is 777 g/mol. The monoisotopic (exact) mass is 776 g/mol. The third-order valence-corrected chi connectivity index (χ3v) is 12.6. The predicted molar refractivity (Wildman–Crippen MR) is 218 cm³/mol. The molecule has 1 N–H and O–H groups in total. The number of allylic oxidation sites excluding steroid dienone is 1. The molecule has 1 aliphatic carbocycles. The summed E-state index contributed by atoms with van der Waals surface area (Å²) in [6.07, 6.45) is 6.30. The number of esters is 2. The van der Waals surface area contributed by atoms with Crippen molar-refractivity contribution in [2.24, 2.45) is 11.8 Å². The quantitative estimate of drug-likeness (QED) is 0.106. The Morgan fingerprint density at radius 1 is 0.842 bits per heavy atom. The smallest absolute Gasteiger partial charge is 0.339 e. The zero-order valence-electron chi connectivity index (χ0n) is 33.8. The molecule has 302 valence electrons. The minimum absolute atomic E-state index is 0.0112. The second kappa shape index (κ2) is 17.8. The molecular weight excluding hydrogens is 721 g/mol. The Balaban J connectivity index is 1.39. The van der Waals surface area contributed by atoms with E-state index in [1.807, 2.05) is 39.0 Å². The van der Waals surface area contributed by atoms with Crippen LogP contribution in [0, 0.1) is 11.8 Å². The zero-order chi connectivity index (χ0) is 40.1. The fourth-order valence-corrected chi connectivity index (χ4v) is 9.31. The van der Waals surface area contributed by atoms with Crippen LogP contribution in [0.15, 0.2) is 87.1 Å². The zero-order valence-corrected chi connectivity index (χ0v) is 33.8. The van der Waals surface area contributed by atoms with Crippen molar-refractivity contribution in [2.45, 2.75) is 122 Å². The number of aliphatic hydroxyl groups excluding tert-OH is 1. The van der Waals surface area contributed by atoms with Crippen molar-refractivity contribution in [1.82, 2.24) is 0 Å². The second-order valence-electron chi connectivity index (χ2n) is 16.6. The van der Waals surface area contributed by atoms with Gasteiger partial charge < -0.3 is 28.5 Å². The molecule has 3 aliphatic heterocycles. The number of hydrogen-bond acceptors (Lipinski definition) is 9. The van der Waals surface area contributed by atoms with E-state index >= 15 is 0 Å². The van der Waals surface area contributed by atoms with E-state index in [0.29, 0.717) is 52.7 Å². The predicted octanol–water partition coefficient (Wildman–Crippen LogP) is 8.87. The second-order valence-corrected chi connectivity index (χ2v) is 16.6. The van der Waals surface area contributed by atoms with Crippen LogP contribution in [0.3, 0.4) is 0 Å². The van der Waals surface area contributed by atoms with Gasteiger partial charge in [-0.1, -0.05) is 79.4 Å². The minimum Gasteiger partial charge on any atom is -0.483 e. The van der Waals surface area contributed by atoms with Gasteiger partial charge in [0.25, 0.3) is 0 Å². The van der Waals surface area contributed by atoms with Gasteiger partial charge in [0.15, 0.2) is 12.2 Å². The van der Waals surface area contributed by atoms with Gasteiger partial charge in [-0.05, 0) is 106 Å². The number of carbonyl (C=O) groups is 2. The lowest BCUT2D eigenvalue weighted by molar-refractivity contribution is -0.201. The molecule has 4 aromatic rings. The summed E-state index contributed by atoms with van der Waals surface area (Å²) in [4.78, 5) is 42.9. The third-order valence-electron chi connectivity index (χ3n) is 12.6. The van der Waals surface area contributed by atoms with E-state index in [1.165, 1.54) is 5.56 Å². The highest BCUT2D eigenvalue weighted by Crippen LogP contribution is 2.52. The van der Waals surface area contributed by atoms with Gasteiger partial charge in [-0.3, -0.25) is 4.79 Å². The molecule has 2 bridgehead atoms. The number of carbonyl (C=O) groups excluding carboxylic acids is 2. The highest BCUT2D eigenvalue weighted by molar-refractivity contribution is 5.90. The van der Waals surface area contributed by atoms with Crippen LogP contribution < -0.4 is 10.4 Å². The number of fused-ring (bicyclic) bond motifs is 13. The van der Waals surface area contributed by atoms with Gasteiger partial charge in [0.1, 0.15) is 16.9 Å². The van der Waals surface area contributed by atoms with Crippen LogP contribution in [-0.4, -0.2) is 42.5 Å². The first-order valence-corrected chi connectivity index (χ1v) is 20.7. The highest BCUT2D eigenvalue weighted by atomic mass is 16.6. The molecule has 4 unspecified atom stereocenters. The summed E-state index contributed by atoms with van der Waals surface area (Å²) in [7, 11) is 1.55. The number of methoxy groups -OCH3 is 1. The van der Waals surface area contributed by atoms with E-state index in [9.17, 15) is 19.5 Å². The first-order chi connectivity index (χ1) is 27.6. The van der Waals surface area contributed by atoms with E-state index in [4.69, 9.17) is 23.4 Å². The van der Waals surface area contributed by atoms with Gasteiger partial charge in [0, 0.05) is 42.4 Å². The maximum atomic E-state index is 14.6. The normalized spacial score (nSPS) is 23.3. The summed E-state index contributed by atoms with van der Waals surface area (Å²) in [6.45, 7) is 5.65. The Kier molecular flexibility index (Phi) is 12.7. The molecule has 0 radical (unpaired) electrons. The number of rotatable bonds is 8. The summed E-state index contributed by atoms with van der Waals surface area (Å²) < 4.78 is 31.8. The van der Waals surface area contributed by atoms with Gasteiger partial charge in [0.05, 0.1) is 18.8 Å². The Morgan fingerprint density at radius 2 is 1.58 bits per heavy atom. The lowest BCUT2D eigenvalue weighted by Crippen LogP contribution is -2.58. The standard InChI is InChI=1S/C48H56O9/c1-30(2)36-22-21-32-15-18-33(19-16-32)27-34(20-17-31-11-7-5-8-12-31)28-41(50)54-44-42-40(57-48(3,45(44)56-46(36)51)35-13-9-6-10-14-35)24-23-37-39(29-49)38(25-26-53-4)47(52)55-43(37)42/h5,7-8,11-12,15-16,18-19,23-24,34-35,44-45,49H,6,9-10,13-14,17,20-22,25-29H2,1-4H3. The van der Waals surface area contributed by atoms with Crippen LogP contribution >= 0.6 is 0 Å². The first kappa shape index (κ1) is 40.5. The molecule has 8 rings (SSSR count). The minimum atomic E-state index is -1.17. The van der Waals surface area contributed by atoms with E-state index in [0.717, 1.165) is 61.6 Å². The molecule has 1 aromatic heterocycles. The molecule has 1 saturated carbocycles. The Morgan fingerprint density at radius 3 is 2.28 bits per heavy atom. The van der Waals surface area contributed by atoms with Crippen molar-refractivity contribution < 1.29 is 38.1 Å². The molecule has 4 atom stereocenters. The summed E-state index contributed by atoms with van der Waals surface area (Å²) >= 11 is 0. The van der Waals surface area contributed by atoms with Crippen molar-refractivity contribution in [1.29, 1.82) is 0 Å². The molecule has 57 heavy (non-hydrogen) atoms. The molecular formula is C48H56O9. The van der Waals surface area contributed by atoms with Gasteiger partial charge in [-0.15, -0.1) is 0 Å². The topological polar surface area (TPSA) is 122 Å². The van der Waals surface area contributed by atoms with Gasteiger partial charge in [-0.25, -0.2) is 9.59 Å². The summed E-state index contributed by atoms with van der Waals surface area (Å²) in [5.74, 6) is -0.590. The van der Waals surface area contributed by atoms with Crippen molar-refractivity contribution in [3.8, 4) is 5.75 Å². The van der Waals surface area contributed by atoms with E-state index in [1.54, 1.807) is 19.2 Å². The van der Waals surface area contributed by atoms with Crippen LogP contribution in [0.25, 0.3) is 11.0 Å². The molecule has 0 amide bonds. The summed E-state index contributed by atoms with van der Waals surface area (Å²) in [5, 5.41) is 11.2. The maximum absolute atomic E-state index is 14.6. The molecule has 0 saturated heterocycles. The van der Waals surface area contributed by atoms with Gasteiger partial charge >= 0.3 is 17.6 Å². The molecule has 3 aromatic carbocycles. The van der Waals surface area contributed by atoms with Crippen LogP contribution in [0.1, 0.15) is 112 Å². The number of ether oxygens (including phenoxy) is 4. The number of benzene rings is 3. The van der Waals surface area contributed by atoms with E-state index in [2.05, 4.69) is 36.4 Å². The van der Waals surface area contributed by atoms with Crippen molar-refractivity contribution in [3.05, 3.63) is 122 Å². The Labute approximate surface area is 335 Å². The molecule has 0 spiro atoms. The van der Waals surface area contributed by atoms with Crippen molar-refractivity contribution in [3.63, 3.8) is 0 Å². The van der Waals surface area contributed by atoms with Crippen LogP contribution in [0.2, 0.25) is 0 Å². The number of aryl methyl sites for hydroxylation is 2. The Bertz CT molecular complexity index is 2140. The highest BCUT2D eigenvalue weighted by Gasteiger charge is 2.56. The van der Waals surface area contributed by atoms with Gasteiger partial charge in [0.2, 0.25) is 0 Å². The SMILES string of the molecule is COCCc1c(CO)c2ccc3c(c2oc1=O)C1OC(=O)CC(CCc2ccccc2)Cc2ccc(cc2)CCC(=C(C)C)C(=O)OC1C(C)(C1CCCCC1)O3. The van der Waals surface area contributed by atoms with Crippen molar-refractivity contribution >= 4 is 22.9 Å². The average Bonchev–Trinajstić information content (AvgIpc) is 3.21. The maximum Gasteiger partial charge on any atom is 0.339 e. The first-order valence-electron chi connectivity index (χ1n) is 20.7. The largest absolute Gasteiger partial charge is 0.483 e. The molecule has 4 aliphatic rings. The lowest BCUT2D eigenvalue weighted by Gasteiger charge is -2.50. The number of aliphatic hydroxyl groups is 1. The molecule has 9 heteroatoms. The fraction of sp³-hybridized carbons (Fsp3) is 0.479. The van der Waals surface area contributed by atoms with E-state index in [-0.39, 0.29) is 36.9 Å². The molecule has 9 nitrogen and oxygen atoms in total. The lowest BCUT2D eigenvalue weighted by atomic mass is 9.71. The molecule has 1 fully saturated rings. The Hall–Kier alpha value is -4.73. The summed E-state index contributed by atoms with van der Waals surface area (Å²) in [5.41, 5.74) is 4.34. The van der Waals surface area contributed by atoms with Crippen LogP contribution in [0.4, 0.5) is 0 Å². The third kappa shape index (κ3) is 8.75. The number of hydrogen-bond donors (Lipinski definition) is 1. The summed E-state index contributed by atoms with van der Waals surface area (Å²) in [6, 6.07) is 22.3. The van der Waals surface area contributed by atoms with Gasteiger partial charge in [-0.2, -0.15) is 0 Å². The van der Waals surface area contributed by atoms with Crippen molar-refractivity contribution in [2.75, 3.05) is 13.7 Å². The van der Waals surface area contributed by atoms with Crippen LogP contribution in [0.5, 0.6) is 5.75 Å². The fourth-order valence-electron chi connectivity index (χ4n) is 9.31. The van der Waals surface area contributed by atoms with E-state index < -0.39 is 42.0 Å². The van der Waals surface area contributed by atoms with Crippen LogP contribution in [-0.2, 0) is 56.1 Å².